The predicted octanol–water partition coefficient (Wildman–Crippen LogP) is 2.74. The molecule has 1 aliphatic rings. The van der Waals surface area contributed by atoms with E-state index in [1.54, 1.807) is 17.7 Å². The van der Waals surface area contributed by atoms with E-state index < -0.39 is 0 Å². The Morgan fingerprint density at radius 1 is 1.11 bits per heavy atom. The molecule has 0 radical (unpaired) electrons. The van der Waals surface area contributed by atoms with E-state index in [2.05, 4.69) is 35.6 Å². The third-order valence-electron chi connectivity index (χ3n) is 3.87. The maximum Gasteiger partial charge on any atom is 0.250 e. The van der Waals surface area contributed by atoms with Gasteiger partial charge >= 0.3 is 0 Å². The van der Waals surface area contributed by atoms with Gasteiger partial charge in [0.25, 0.3) is 0 Å². The van der Waals surface area contributed by atoms with Gasteiger partial charge in [-0.05, 0) is 30.4 Å². The summed E-state index contributed by atoms with van der Waals surface area (Å²) in [6.07, 6.45) is 4.18. The van der Waals surface area contributed by atoms with Crippen molar-refractivity contribution in [1.29, 1.82) is 0 Å². The standard InChI is InChI=1S/C16H18N2O/c1-18-11-14(7-8-16(18)19)17-15-9-13(10-15)12-5-3-2-4-6-12/h2-8,11,13,15,17H,9-10H2,1H3. The van der Waals surface area contributed by atoms with Gasteiger partial charge in [-0.2, -0.15) is 0 Å². The topological polar surface area (TPSA) is 34.0 Å². The van der Waals surface area contributed by atoms with Crippen LogP contribution in [0.1, 0.15) is 24.3 Å². The average molecular weight is 254 g/mol. The van der Waals surface area contributed by atoms with Crippen LogP contribution >= 0.6 is 0 Å². The summed E-state index contributed by atoms with van der Waals surface area (Å²) in [6.45, 7) is 0. The largest absolute Gasteiger partial charge is 0.381 e. The highest BCUT2D eigenvalue weighted by molar-refractivity contribution is 5.42. The molecule has 0 atom stereocenters. The van der Waals surface area contributed by atoms with Crippen molar-refractivity contribution < 1.29 is 0 Å². The molecule has 3 nitrogen and oxygen atoms in total. The quantitative estimate of drug-likeness (QED) is 0.913. The first-order valence-corrected chi connectivity index (χ1v) is 6.70. The van der Waals surface area contributed by atoms with Gasteiger partial charge in [0, 0.05) is 25.4 Å². The number of rotatable bonds is 3. The molecule has 1 saturated carbocycles. The summed E-state index contributed by atoms with van der Waals surface area (Å²) in [7, 11) is 1.78. The second-order valence-electron chi connectivity index (χ2n) is 5.29. The Bertz CT molecular complexity index is 612. The van der Waals surface area contributed by atoms with Crippen LogP contribution in [0.25, 0.3) is 0 Å². The van der Waals surface area contributed by atoms with Gasteiger partial charge in [-0.3, -0.25) is 4.79 Å². The van der Waals surface area contributed by atoms with Crippen LogP contribution in [0.15, 0.2) is 53.5 Å². The molecular weight excluding hydrogens is 236 g/mol. The number of pyridine rings is 1. The number of nitrogens with zero attached hydrogens (tertiary/aromatic N) is 1. The van der Waals surface area contributed by atoms with Crippen LogP contribution in [-0.4, -0.2) is 10.6 Å². The smallest absolute Gasteiger partial charge is 0.250 e. The summed E-state index contributed by atoms with van der Waals surface area (Å²) in [5, 5.41) is 3.49. The lowest BCUT2D eigenvalue weighted by atomic mass is 9.76. The highest BCUT2D eigenvalue weighted by atomic mass is 16.1. The van der Waals surface area contributed by atoms with Crippen LogP contribution in [0.5, 0.6) is 0 Å². The van der Waals surface area contributed by atoms with Gasteiger partial charge < -0.3 is 9.88 Å². The lowest BCUT2D eigenvalue weighted by Crippen LogP contribution is -2.34. The van der Waals surface area contributed by atoms with E-state index in [0.717, 1.165) is 18.5 Å². The van der Waals surface area contributed by atoms with Gasteiger partial charge in [0.15, 0.2) is 0 Å². The molecule has 0 saturated heterocycles. The number of hydrogen-bond acceptors (Lipinski definition) is 2. The Hall–Kier alpha value is -2.03. The minimum Gasteiger partial charge on any atom is -0.381 e. The van der Waals surface area contributed by atoms with Crippen LogP contribution in [0, 0.1) is 0 Å². The summed E-state index contributed by atoms with van der Waals surface area (Å²) in [5.41, 5.74) is 2.49. The molecule has 0 bridgehead atoms. The molecule has 0 aliphatic heterocycles. The lowest BCUT2D eigenvalue weighted by molar-refractivity contribution is 0.374. The van der Waals surface area contributed by atoms with Crippen molar-refractivity contribution in [1.82, 2.24) is 4.57 Å². The molecule has 2 aromatic rings. The van der Waals surface area contributed by atoms with Crippen molar-refractivity contribution in [3.05, 3.63) is 64.6 Å². The van der Waals surface area contributed by atoms with E-state index in [4.69, 9.17) is 0 Å². The number of aromatic nitrogens is 1. The minimum absolute atomic E-state index is 0.0290. The summed E-state index contributed by atoms with van der Waals surface area (Å²) >= 11 is 0. The van der Waals surface area contributed by atoms with E-state index in [1.807, 2.05) is 12.3 Å². The van der Waals surface area contributed by atoms with E-state index in [1.165, 1.54) is 5.56 Å². The van der Waals surface area contributed by atoms with Crippen molar-refractivity contribution in [2.24, 2.45) is 7.05 Å². The van der Waals surface area contributed by atoms with Gasteiger partial charge in [0.1, 0.15) is 0 Å². The van der Waals surface area contributed by atoms with Crippen molar-refractivity contribution in [2.75, 3.05) is 5.32 Å². The van der Waals surface area contributed by atoms with Crippen molar-refractivity contribution in [3.63, 3.8) is 0 Å². The number of nitrogens with one attached hydrogen (secondary N) is 1. The summed E-state index contributed by atoms with van der Waals surface area (Å²) in [6, 6.07) is 14.6. The number of aryl methyl sites for hydroxylation is 1. The minimum atomic E-state index is 0.0290. The van der Waals surface area contributed by atoms with Crippen LogP contribution in [0.3, 0.4) is 0 Å². The second-order valence-corrected chi connectivity index (χ2v) is 5.29. The Balaban J connectivity index is 1.59. The zero-order valence-electron chi connectivity index (χ0n) is 11.0. The van der Waals surface area contributed by atoms with Gasteiger partial charge in [-0.1, -0.05) is 30.3 Å². The molecule has 1 fully saturated rings. The fourth-order valence-corrected chi connectivity index (χ4v) is 2.65. The summed E-state index contributed by atoms with van der Waals surface area (Å²) in [4.78, 5) is 11.3. The van der Waals surface area contributed by atoms with Crippen molar-refractivity contribution >= 4 is 5.69 Å². The third-order valence-corrected chi connectivity index (χ3v) is 3.87. The summed E-state index contributed by atoms with van der Waals surface area (Å²) < 4.78 is 1.61. The maximum atomic E-state index is 11.3. The van der Waals surface area contributed by atoms with Gasteiger partial charge in [-0.15, -0.1) is 0 Å². The number of anilines is 1. The molecule has 1 heterocycles. The van der Waals surface area contributed by atoms with Gasteiger partial charge in [0.2, 0.25) is 5.56 Å². The first kappa shape index (κ1) is 12.0. The fourth-order valence-electron chi connectivity index (χ4n) is 2.65. The molecule has 3 heteroatoms. The van der Waals surface area contributed by atoms with Crippen LogP contribution in [-0.2, 0) is 7.05 Å². The number of benzene rings is 1. The monoisotopic (exact) mass is 254 g/mol. The van der Waals surface area contributed by atoms with Crippen LogP contribution < -0.4 is 10.9 Å². The Morgan fingerprint density at radius 2 is 1.84 bits per heavy atom. The normalized spacial score (nSPS) is 21.7. The first-order chi connectivity index (χ1) is 9.22. The SMILES string of the molecule is Cn1cc(NC2CC(c3ccccc3)C2)ccc1=O. The molecule has 19 heavy (non-hydrogen) atoms. The molecule has 1 aromatic carbocycles. The molecule has 98 valence electrons. The van der Waals surface area contributed by atoms with Crippen LogP contribution in [0.2, 0.25) is 0 Å². The maximum absolute atomic E-state index is 11.3. The molecular formula is C16H18N2O. The molecule has 1 aromatic heterocycles. The molecule has 3 rings (SSSR count). The summed E-state index contributed by atoms with van der Waals surface area (Å²) in [5.74, 6) is 0.672. The zero-order chi connectivity index (χ0) is 13.2. The molecule has 1 N–H and O–H groups in total. The highest BCUT2D eigenvalue weighted by Crippen LogP contribution is 2.38. The predicted molar refractivity (Wildman–Crippen MR) is 77.5 cm³/mol. The molecule has 0 amide bonds. The number of hydrogen-bond donors (Lipinski definition) is 1. The first-order valence-electron chi connectivity index (χ1n) is 6.70. The molecule has 0 unspecified atom stereocenters. The highest BCUT2D eigenvalue weighted by Gasteiger charge is 2.29. The van der Waals surface area contributed by atoms with Crippen molar-refractivity contribution in [2.45, 2.75) is 24.8 Å². The average Bonchev–Trinajstić information content (AvgIpc) is 2.38. The van der Waals surface area contributed by atoms with E-state index >= 15 is 0 Å². The molecule has 0 spiro atoms. The third kappa shape index (κ3) is 2.55. The zero-order valence-corrected chi connectivity index (χ0v) is 11.0. The Kier molecular flexibility index (Phi) is 3.11. The van der Waals surface area contributed by atoms with Crippen LogP contribution in [0.4, 0.5) is 5.69 Å². The van der Waals surface area contributed by atoms with Crippen molar-refractivity contribution in [3.8, 4) is 0 Å². The van der Waals surface area contributed by atoms with Gasteiger partial charge in [0.05, 0.1) is 5.69 Å². The Morgan fingerprint density at radius 3 is 2.53 bits per heavy atom. The second kappa shape index (κ2) is 4.92. The van der Waals surface area contributed by atoms with E-state index in [-0.39, 0.29) is 5.56 Å². The molecule has 1 aliphatic carbocycles. The fraction of sp³-hybridized carbons (Fsp3) is 0.312. The van der Waals surface area contributed by atoms with E-state index in [0.29, 0.717) is 12.0 Å². The lowest BCUT2D eigenvalue weighted by Gasteiger charge is -2.37. The van der Waals surface area contributed by atoms with E-state index in [9.17, 15) is 4.79 Å². The Labute approximate surface area is 112 Å². The van der Waals surface area contributed by atoms with Gasteiger partial charge in [-0.25, -0.2) is 0 Å².